The zero-order valence-corrected chi connectivity index (χ0v) is 12.1. The van der Waals surface area contributed by atoms with Crippen LogP contribution >= 0.6 is 0 Å². The lowest BCUT2D eigenvalue weighted by atomic mass is 9.87. The van der Waals surface area contributed by atoms with Gasteiger partial charge >= 0.3 is 0 Å². The molecular formula is C18H18N2O. The maximum Gasteiger partial charge on any atom is 0.256 e. The van der Waals surface area contributed by atoms with Gasteiger partial charge in [0.25, 0.3) is 5.91 Å². The van der Waals surface area contributed by atoms with Crippen LogP contribution in [0.5, 0.6) is 0 Å². The van der Waals surface area contributed by atoms with E-state index in [1.807, 2.05) is 29.2 Å². The monoisotopic (exact) mass is 278 g/mol. The Labute approximate surface area is 124 Å². The van der Waals surface area contributed by atoms with Crippen LogP contribution < -0.4 is 0 Å². The predicted octanol–water partition coefficient (Wildman–Crippen LogP) is 2.68. The Balaban J connectivity index is 2.05. The highest BCUT2D eigenvalue weighted by Crippen LogP contribution is 2.47. The van der Waals surface area contributed by atoms with E-state index in [1.54, 1.807) is 0 Å². The van der Waals surface area contributed by atoms with Crippen LogP contribution in [0.4, 0.5) is 0 Å². The summed E-state index contributed by atoms with van der Waals surface area (Å²) in [6, 6.07) is 18.4. The molecule has 1 amide bonds. The third kappa shape index (κ3) is 1.49. The van der Waals surface area contributed by atoms with Crippen LogP contribution in [0, 0.1) is 0 Å². The molecule has 2 aliphatic heterocycles. The van der Waals surface area contributed by atoms with Crippen LogP contribution in [0.2, 0.25) is 0 Å². The number of fused-ring (bicyclic) bond motifs is 3. The van der Waals surface area contributed by atoms with Gasteiger partial charge in [-0.15, -0.1) is 0 Å². The van der Waals surface area contributed by atoms with E-state index in [4.69, 9.17) is 0 Å². The maximum atomic E-state index is 12.9. The minimum Gasteiger partial charge on any atom is -0.312 e. The molecule has 0 radical (unpaired) electrons. The van der Waals surface area contributed by atoms with E-state index in [0.717, 1.165) is 30.6 Å². The van der Waals surface area contributed by atoms with Crippen LogP contribution in [0.15, 0.2) is 54.6 Å². The highest BCUT2D eigenvalue weighted by molar-refractivity contribution is 6.00. The summed E-state index contributed by atoms with van der Waals surface area (Å²) >= 11 is 0. The summed E-state index contributed by atoms with van der Waals surface area (Å²) in [7, 11) is 2.12. The van der Waals surface area contributed by atoms with E-state index in [9.17, 15) is 4.79 Å². The summed E-state index contributed by atoms with van der Waals surface area (Å²) in [5, 5.41) is 0. The predicted molar refractivity (Wildman–Crippen MR) is 81.9 cm³/mol. The first kappa shape index (κ1) is 12.6. The molecule has 0 saturated carbocycles. The molecule has 106 valence electrons. The normalized spacial score (nSPS) is 24.8. The van der Waals surface area contributed by atoms with Gasteiger partial charge in [0.15, 0.2) is 0 Å². The van der Waals surface area contributed by atoms with E-state index >= 15 is 0 Å². The summed E-state index contributed by atoms with van der Waals surface area (Å²) in [6.45, 7) is 1.81. The van der Waals surface area contributed by atoms with Crippen molar-refractivity contribution in [3.05, 3.63) is 71.3 Å². The largest absolute Gasteiger partial charge is 0.312 e. The maximum absolute atomic E-state index is 12.9. The standard InChI is InChI=1S/C18H18N2O/c1-19-12-7-13-20-17(21)15-10-5-6-11-16(15)18(19,20)14-8-3-2-4-9-14/h2-6,8-11H,7,12-13H2,1H3. The van der Waals surface area contributed by atoms with E-state index < -0.39 is 5.66 Å². The SMILES string of the molecule is CN1CCCN2C(=O)c3ccccc3C12c1ccccc1. The van der Waals surface area contributed by atoms with Gasteiger partial charge in [-0.2, -0.15) is 0 Å². The summed E-state index contributed by atoms with van der Waals surface area (Å²) < 4.78 is 0. The van der Waals surface area contributed by atoms with Gasteiger partial charge in [-0.3, -0.25) is 9.69 Å². The van der Waals surface area contributed by atoms with E-state index in [2.05, 4.69) is 42.3 Å². The number of carbonyl (C=O) groups excluding carboxylic acids is 1. The van der Waals surface area contributed by atoms with Crippen molar-refractivity contribution in [1.29, 1.82) is 0 Å². The van der Waals surface area contributed by atoms with Gasteiger partial charge in [0.1, 0.15) is 5.66 Å². The Morgan fingerprint density at radius 2 is 1.67 bits per heavy atom. The number of hydrogen-bond acceptors (Lipinski definition) is 2. The molecule has 0 N–H and O–H groups in total. The van der Waals surface area contributed by atoms with Crippen molar-refractivity contribution < 1.29 is 4.79 Å². The molecule has 0 aromatic heterocycles. The smallest absolute Gasteiger partial charge is 0.256 e. The Kier molecular flexibility index (Phi) is 2.66. The molecular weight excluding hydrogens is 260 g/mol. The van der Waals surface area contributed by atoms with Crippen LogP contribution in [-0.4, -0.2) is 35.8 Å². The quantitative estimate of drug-likeness (QED) is 0.800. The second-order valence-electron chi connectivity index (χ2n) is 5.82. The van der Waals surface area contributed by atoms with Crippen molar-refractivity contribution >= 4 is 5.91 Å². The fourth-order valence-electron chi connectivity index (χ4n) is 3.92. The van der Waals surface area contributed by atoms with Crippen LogP contribution in [-0.2, 0) is 5.66 Å². The minimum absolute atomic E-state index is 0.154. The zero-order chi connectivity index (χ0) is 14.4. The van der Waals surface area contributed by atoms with E-state index in [1.165, 1.54) is 5.56 Å². The lowest BCUT2D eigenvalue weighted by Gasteiger charge is -2.49. The van der Waals surface area contributed by atoms with Crippen LogP contribution in [0.25, 0.3) is 0 Å². The first-order valence-electron chi connectivity index (χ1n) is 7.44. The molecule has 2 heterocycles. The molecule has 0 bridgehead atoms. The average Bonchev–Trinajstić information content (AvgIpc) is 2.80. The molecule has 1 fully saturated rings. The number of rotatable bonds is 1. The molecule has 3 heteroatoms. The Morgan fingerprint density at radius 1 is 0.952 bits per heavy atom. The molecule has 1 unspecified atom stereocenters. The van der Waals surface area contributed by atoms with Crippen molar-refractivity contribution in [2.45, 2.75) is 12.1 Å². The highest BCUT2D eigenvalue weighted by Gasteiger charge is 2.54. The molecule has 21 heavy (non-hydrogen) atoms. The molecule has 1 atom stereocenters. The van der Waals surface area contributed by atoms with Crippen molar-refractivity contribution in [3.63, 3.8) is 0 Å². The third-order valence-corrected chi connectivity index (χ3v) is 4.77. The van der Waals surface area contributed by atoms with Crippen LogP contribution in [0.3, 0.4) is 0 Å². The number of hydrogen-bond donors (Lipinski definition) is 0. The molecule has 2 aromatic rings. The summed E-state index contributed by atoms with van der Waals surface area (Å²) in [5.74, 6) is 0.154. The van der Waals surface area contributed by atoms with Gasteiger partial charge in [-0.1, -0.05) is 48.5 Å². The lowest BCUT2D eigenvalue weighted by molar-refractivity contribution is -0.0229. The lowest BCUT2D eigenvalue weighted by Crippen LogP contribution is -2.59. The molecule has 2 aromatic carbocycles. The number of carbonyl (C=O) groups is 1. The van der Waals surface area contributed by atoms with Gasteiger partial charge in [0.05, 0.1) is 0 Å². The number of amides is 1. The zero-order valence-electron chi connectivity index (χ0n) is 12.1. The van der Waals surface area contributed by atoms with Gasteiger partial charge in [-0.25, -0.2) is 0 Å². The fraction of sp³-hybridized carbons (Fsp3) is 0.278. The number of nitrogens with zero attached hydrogens (tertiary/aromatic N) is 2. The second kappa shape index (κ2) is 4.43. The first-order valence-corrected chi connectivity index (χ1v) is 7.44. The Morgan fingerprint density at radius 3 is 2.48 bits per heavy atom. The molecule has 0 spiro atoms. The summed E-state index contributed by atoms with van der Waals surface area (Å²) in [5.41, 5.74) is 2.69. The third-order valence-electron chi connectivity index (χ3n) is 4.77. The van der Waals surface area contributed by atoms with Crippen molar-refractivity contribution in [2.75, 3.05) is 20.1 Å². The van der Waals surface area contributed by atoms with Gasteiger partial charge in [0.2, 0.25) is 0 Å². The first-order chi connectivity index (χ1) is 10.3. The summed E-state index contributed by atoms with van der Waals surface area (Å²) in [4.78, 5) is 17.2. The molecule has 4 rings (SSSR count). The Bertz CT molecular complexity index is 697. The highest BCUT2D eigenvalue weighted by atomic mass is 16.2. The van der Waals surface area contributed by atoms with Gasteiger partial charge < -0.3 is 4.90 Å². The molecule has 3 nitrogen and oxygen atoms in total. The van der Waals surface area contributed by atoms with Crippen molar-refractivity contribution in [1.82, 2.24) is 9.80 Å². The van der Waals surface area contributed by atoms with Crippen molar-refractivity contribution in [2.24, 2.45) is 0 Å². The fourth-order valence-corrected chi connectivity index (χ4v) is 3.92. The number of benzene rings is 2. The van der Waals surface area contributed by atoms with Crippen LogP contribution in [0.1, 0.15) is 27.9 Å². The van der Waals surface area contributed by atoms with E-state index in [-0.39, 0.29) is 5.91 Å². The molecule has 1 saturated heterocycles. The topological polar surface area (TPSA) is 23.6 Å². The average molecular weight is 278 g/mol. The van der Waals surface area contributed by atoms with Gasteiger partial charge in [-0.05, 0) is 25.1 Å². The van der Waals surface area contributed by atoms with E-state index in [0.29, 0.717) is 0 Å². The summed E-state index contributed by atoms with van der Waals surface area (Å²) in [6.07, 6.45) is 1.02. The minimum atomic E-state index is -0.437. The molecule has 0 aliphatic carbocycles. The second-order valence-corrected chi connectivity index (χ2v) is 5.82. The molecule has 2 aliphatic rings. The Hall–Kier alpha value is -2.13. The van der Waals surface area contributed by atoms with Gasteiger partial charge in [0, 0.05) is 24.2 Å². The van der Waals surface area contributed by atoms with Crippen molar-refractivity contribution in [3.8, 4) is 0 Å².